The normalized spacial score (nSPS) is 24.2. The number of aromatic nitrogens is 1. The summed E-state index contributed by atoms with van der Waals surface area (Å²) in [5.41, 5.74) is 1.86. The van der Waals surface area contributed by atoms with E-state index in [1.807, 2.05) is 30.0 Å². The summed E-state index contributed by atoms with van der Waals surface area (Å²) in [5, 5.41) is 6.65. The van der Waals surface area contributed by atoms with Gasteiger partial charge in [-0.15, -0.1) is 0 Å². The average Bonchev–Trinajstić information content (AvgIpc) is 3.65. The number of nitrogens with one attached hydrogen (secondary N) is 3. The number of hydrogen-bond acceptors (Lipinski definition) is 6. The first-order chi connectivity index (χ1) is 22.9. The zero-order chi connectivity index (χ0) is 34.6. The lowest BCUT2D eigenvalue weighted by Gasteiger charge is -2.37. The van der Waals surface area contributed by atoms with Crippen LogP contribution in [0.1, 0.15) is 108 Å². The molecule has 3 N–H and O–H groups in total. The quantitative estimate of drug-likeness (QED) is 0.246. The van der Waals surface area contributed by atoms with Crippen molar-refractivity contribution in [2.45, 2.75) is 117 Å². The highest BCUT2D eigenvalue weighted by atomic mass is 19.1. The summed E-state index contributed by atoms with van der Waals surface area (Å²) in [4.78, 5) is 58.1. The molecule has 3 aliphatic rings. The average molecular weight is 669 g/mol. The van der Waals surface area contributed by atoms with Gasteiger partial charge in [0.15, 0.2) is 0 Å². The van der Waals surface area contributed by atoms with E-state index in [0.29, 0.717) is 49.5 Å². The Labute approximate surface area is 283 Å². The smallest absolute Gasteiger partial charge is 0.407 e. The number of carbonyl (C=O) groups is 4. The van der Waals surface area contributed by atoms with E-state index in [4.69, 9.17) is 9.47 Å². The molecule has 10 nitrogen and oxygen atoms in total. The van der Waals surface area contributed by atoms with Crippen LogP contribution in [0.15, 0.2) is 18.2 Å². The molecule has 1 aliphatic heterocycles. The number of esters is 1. The number of anilines is 1. The molecule has 48 heavy (non-hydrogen) atoms. The van der Waals surface area contributed by atoms with Crippen molar-refractivity contribution < 1.29 is 33.0 Å². The molecular weight excluding hydrogens is 615 g/mol. The molecule has 2 saturated carbocycles. The van der Waals surface area contributed by atoms with Crippen LogP contribution < -0.4 is 10.6 Å². The Morgan fingerprint density at radius 3 is 2.38 bits per heavy atom. The summed E-state index contributed by atoms with van der Waals surface area (Å²) in [5.74, 6) is -0.441. The maximum Gasteiger partial charge on any atom is 0.407 e. The van der Waals surface area contributed by atoms with Crippen LogP contribution in [0.25, 0.3) is 10.9 Å². The number of alkyl carbamates (subject to hydrolysis) is 1. The fourth-order valence-electron chi connectivity index (χ4n) is 8.23. The second-order valence-electron chi connectivity index (χ2n) is 14.9. The van der Waals surface area contributed by atoms with E-state index in [0.717, 1.165) is 48.6 Å². The number of benzene rings is 1. The molecule has 2 heterocycles. The number of aryl methyl sites for hydroxylation is 1. The molecule has 0 bridgehead atoms. The summed E-state index contributed by atoms with van der Waals surface area (Å²) in [7, 11) is 0. The van der Waals surface area contributed by atoms with Gasteiger partial charge >= 0.3 is 12.1 Å². The van der Waals surface area contributed by atoms with Crippen molar-refractivity contribution in [2.24, 2.45) is 23.7 Å². The molecule has 1 aromatic carbocycles. The lowest BCUT2D eigenvalue weighted by atomic mass is 9.76. The third-order valence-corrected chi connectivity index (χ3v) is 10.6. The van der Waals surface area contributed by atoms with Gasteiger partial charge < -0.3 is 30.0 Å². The fraction of sp³-hybridized carbons (Fsp3) is 0.676. The molecule has 264 valence electrons. The topological polar surface area (TPSA) is 130 Å². The second kappa shape index (κ2) is 15.3. The minimum atomic E-state index is -0.696. The van der Waals surface area contributed by atoms with Gasteiger partial charge in [0.2, 0.25) is 11.8 Å². The molecule has 2 aromatic rings. The lowest BCUT2D eigenvalue weighted by molar-refractivity contribution is -0.142. The molecular formula is C37H53FN4O6. The van der Waals surface area contributed by atoms with Crippen LogP contribution in [0.5, 0.6) is 0 Å². The molecule has 11 heteroatoms. The first kappa shape index (κ1) is 35.7. The standard InChI is InChI=1S/C37H53FN4O6/c1-6-47-35(45)31-22(2)28-20-26(16-17-29(28)40-31)39-33(43)32-27(23-10-8-7-9-11-23)18-19-42(32)34(44)25-14-12-24(13-15-25)30(21-38)41-36(46)48-37(3,4)5/h16-17,20,23-25,27,30,32,40H,6-15,18-19,21H2,1-5H3,(H,39,43)(H,41,46)/t24-,25-,27-,30?,32-/m0/s1. The van der Waals surface area contributed by atoms with E-state index < -0.39 is 36.4 Å². The summed E-state index contributed by atoms with van der Waals surface area (Å²) >= 11 is 0. The van der Waals surface area contributed by atoms with Crippen LogP contribution in [-0.4, -0.2) is 71.3 Å². The highest BCUT2D eigenvalue weighted by molar-refractivity contribution is 6.02. The van der Waals surface area contributed by atoms with E-state index >= 15 is 0 Å². The Hall–Kier alpha value is -3.63. The predicted molar refractivity (Wildman–Crippen MR) is 182 cm³/mol. The number of alkyl halides is 1. The summed E-state index contributed by atoms with van der Waals surface area (Å²) < 4.78 is 24.6. The molecule has 5 rings (SSSR count). The van der Waals surface area contributed by atoms with Crippen molar-refractivity contribution >= 4 is 40.5 Å². The van der Waals surface area contributed by atoms with E-state index in [1.165, 1.54) is 6.42 Å². The number of fused-ring (bicyclic) bond motifs is 1. The van der Waals surface area contributed by atoms with Gasteiger partial charge in [-0.3, -0.25) is 9.59 Å². The van der Waals surface area contributed by atoms with Gasteiger partial charge in [0.25, 0.3) is 0 Å². The molecule has 3 fully saturated rings. The van der Waals surface area contributed by atoms with Crippen molar-refractivity contribution in [3.8, 4) is 0 Å². The molecule has 0 radical (unpaired) electrons. The molecule has 1 unspecified atom stereocenters. The van der Waals surface area contributed by atoms with E-state index in [9.17, 15) is 23.6 Å². The monoisotopic (exact) mass is 668 g/mol. The first-order valence-electron chi connectivity index (χ1n) is 17.9. The van der Waals surface area contributed by atoms with Crippen molar-refractivity contribution in [3.05, 3.63) is 29.5 Å². The highest BCUT2D eigenvalue weighted by Gasteiger charge is 2.47. The Morgan fingerprint density at radius 2 is 1.73 bits per heavy atom. The maximum atomic E-state index is 14.2. The SMILES string of the molecule is CCOC(=O)c1[nH]c2ccc(NC(=O)[C@@H]3[C@H](C4CCCCC4)CCN3C(=O)[C@H]3CC[C@H](C(CF)NC(=O)OC(C)(C)C)CC3)cc2c1C. The van der Waals surface area contributed by atoms with Crippen LogP contribution in [0.3, 0.4) is 0 Å². The number of amides is 3. The van der Waals surface area contributed by atoms with Crippen LogP contribution >= 0.6 is 0 Å². The van der Waals surface area contributed by atoms with E-state index in [1.54, 1.807) is 27.7 Å². The number of nitrogens with zero attached hydrogens (tertiary/aromatic N) is 1. The number of halogens is 1. The Balaban J connectivity index is 1.29. The summed E-state index contributed by atoms with van der Waals surface area (Å²) in [6.45, 7) is 9.04. The Kier molecular flexibility index (Phi) is 11.4. The summed E-state index contributed by atoms with van der Waals surface area (Å²) in [6.07, 6.45) is 8.20. The number of likely N-dealkylation sites (tertiary alicyclic amines) is 1. The van der Waals surface area contributed by atoms with Crippen molar-refractivity contribution in [2.75, 3.05) is 25.1 Å². The number of carbonyl (C=O) groups excluding carboxylic acids is 4. The van der Waals surface area contributed by atoms with Crippen LogP contribution in [-0.2, 0) is 19.1 Å². The number of H-pyrrole nitrogens is 1. The van der Waals surface area contributed by atoms with Gasteiger partial charge in [0, 0.05) is 29.1 Å². The van der Waals surface area contributed by atoms with Gasteiger partial charge in [-0.1, -0.05) is 32.1 Å². The number of hydrogen-bond donors (Lipinski definition) is 3. The minimum Gasteiger partial charge on any atom is -0.461 e. The van der Waals surface area contributed by atoms with Crippen molar-refractivity contribution in [1.29, 1.82) is 0 Å². The second-order valence-corrected chi connectivity index (χ2v) is 14.9. The van der Waals surface area contributed by atoms with Crippen LogP contribution in [0, 0.1) is 30.6 Å². The van der Waals surface area contributed by atoms with Gasteiger partial charge in [-0.05, 0) is 108 Å². The first-order valence-corrected chi connectivity index (χ1v) is 17.9. The molecule has 1 aromatic heterocycles. The lowest BCUT2D eigenvalue weighted by Crippen LogP contribution is -2.50. The van der Waals surface area contributed by atoms with Gasteiger partial charge in [-0.2, -0.15) is 0 Å². The van der Waals surface area contributed by atoms with E-state index in [2.05, 4.69) is 15.6 Å². The summed E-state index contributed by atoms with van der Waals surface area (Å²) in [6, 6.07) is 4.30. The third-order valence-electron chi connectivity index (χ3n) is 10.6. The predicted octanol–water partition coefficient (Wildman–Crippen LogP) is 7.06. The Bertz CT molecular complexity index is 1470. The van der Waals surface area contributed by atoms with Crippen LogP contribution in [0.2, 0.25) is 0 Å². The third kappa shape index (κ3) is 8.14. The van der Waals surface area contributed by atoms with Gasteiger partial charge in [-0.25, -0.2) is 14.0 Å². The van der Waals surface area contributed by atoms with E-state index in [-0.39, 0.29) is 36.2 Å². The minimum absolute atomic E-state index is 0.000168. The largest absolute Gasteiger partial charge is 0.461 e. The number of aromatic amines is 1. The van der Waals surface area contributed by atoms with Gasteiger partial charge in [0.05, 0.1) is 12.6 Å². The molecule has 0 spiro atoms. The fourth-order valence-corrected chi connectivity index (χ4v) is 8.23. The van der Waals surface area contributed by atoms with Gasteiger partial charge in [0.1, 0.15) is 24.0 Å². The molecule has 3 amide bonds. The number of ether oxygens (including phenoxy) is 2. The molecule has 1 saturated heterocycles. The molecule has 2 aliphatic carbocycles. The zero-order valence-electron chi connectivity index (χ0n) is 29.2. The van der Waals surface area contributed by atoms with Crippen LogP contribution in [0.4, 0.5) is 14.9 Å². The zero-order valence-corrected chi connectivity index (χ0v) is 29.2. The molecule has 3 atom stereocenters. The Morgan fingerprint density at radius 1 is 1.02 bits per heavy atom. The maximum absolute atomic E-state index is 14.2. The number of rotatable bonds is 9. The highest BCUT2D eigenvalue weighted by Crippen LogP contribution is 2.41. The van der Waals surface area contributed by atoms with Crippen molar-refractivity contribution in [1.82, 2.24) is 15.2 Å². The van der Waals surface area contributed by atoms with Crippen molar-refractivity contribution in [3.63, 3.8) is 0 Å².